The molecule has 2 heteroatoms. The Morgan fingerprint density at radius 1 is 1.27 bits per heavy atom. The van der Waals surface area contributed by atoms with Gasteiger partial charge in [-0.1, -0.05) is 26.2 Å². The molecule has 86 valence electrons. The lowest BCUT2D eigenvalue weighted by Gasteiger charge is -2.16. The van der Waals surface area contributed by atoms with Crippen molar-refractivity contribution in [1.82, 2.24) is 0 Å². The van der Waals surface area contributed by atoms with Gasteiger partial charge in [0.15, 0.2) is 0 Å². The van der Waals surface area contributed by atoms with E-state index in [1.807, 2.05) is 0 Å². The molecule has 3 unspecified atom stereocenters. The van der Waals surface area contributed by atoms with E-state index in [2.05, 4.69) is 6.92 Å². The van der Waals surface area contributed by atoms with E-state index in [9.17, 15) is 4.79 Å². The van der Waals surface area contributed by atoms with Crippen molar-refractivity contribution in [2.75, 3.05) is 0 Å². The molecular formula is C13H22O2. The standard InChI is InChI=1S/C13H22O2/c1-2-3-4-5-6-12(14)11-9-10-7-8-13(11)15-10/h10-11,13H,2-9H2,1H3. The average Bonchev–Trinajstić information content (AvgIpc) is 2.85. The Kier molecular flexibility index (Phi) is 3.79. The van der Waals surface area contributed by atoms with Crippen molar-refractivity contribution in [3.63, 3.8) is 0 Å². The van der Waals surface area contributed by atoms with Gasteiger partial charge in [0.1, 0.15) is 5.78 Å². The lowest BCUT2D eigenvalue weighted by atomic mass is 9.84. The fourth-order valence-corrected chi connectivity index (χ4v) is 2.89. The number of ketones is 1. The van der Waals surface area contributed by atoms with Gasteiger partial charge < -0.3 is 4.74 Å². The average molecular weight is 210 g/mol. The summed E-state index contributed by atoms with van der Waals surface area (Å²) < 4.78 is 5.71. The van der Waals surface area contributed by atoms with E-state index in [-0.39, 0.29) is 12.0 Å². The number of rotatable bonds is 6. The molecule has 0 aromatic rings. The number of carbonyl (C=O) groups excluding carboxylic acids is 1. The molecule has 2 rings (SSSR count). The quantitative estimate of drug-likeness (QED) is 0.630. The molecule has 2 bridgehead atoms. The number of ether oxygens (including phenoxy) is 1. The molecule has 0 aliphatic carbocycles. The first-order chi connectivity index (χ1) is 7.31. The van der Waals surface area contributed by atoms with Gasteiger partial charge in [-0.15, -0.1) is 0 Å². The maximum Gasteiger partial charge on any atom is 0.138 e. The molecule has 2 heterocycles. The maximum absolute atomic E-state index is 11.9. The Hall–Kier alpha value is -0.370. The molecule has 0 radical (unpaired) electrons. The number of unbranched alkanes of at least 4 members (excludes halogenated alkanes) is 3. The summed E-state index contributed by atoms with van der Waals surface area (Å²) in [6.45, 7) is 2.20. The zero-order valence-electron chi connectivity index (χ0n) is 9.71. The molecule has 15 heavy (non-hydrogen) atoms. The van der Waals surface area contributed by atoms with Crippen LogP contribution in [-0.4, -0.2) is 18.0 Å². The third-order valence-corrected chi connectivity index (χ3v) is 3.80. The number of fused-ring (bicyclic) bond motifs is 2. The van der Waals surface area contributed by atoms with Crippen molar-refractivity contribution in [2.45, 2.75) is 70.5 Å². The smallest absolute Gasteiger partial charge is 0.138 e. The lowest BCUT2D eigenvalue weighted by Crippen LogP contribution is -2.25. The first-order valence-corrected chi connectivity index (χ1v) is 6.49. The highest BCUT2D eigenvalue weighted by Gasteiger charge is 2.43. The van der Waals surface area contributed by atoms with Crippen LogP contribution in [0.25, 0.3) is 0 Å². The minimum Gasteiger partial charge on any atom is -0.374 e. The summed E-state index contributed by atoms with van der Waals surface area (Å²) in [6.07, 6.45) is 9.61. The van der Waals surface area contributed by atoms with E-state index in [0.29, 0.717) is 11.9 Å². The molecule has 0 spiro atoms. The first-order valence-electron chi connectivity index (χ1n) is 6.49. The SMILES string of the molecule is CCCCCCC(=O)C1CC2CCC1O2. The summed E-state index contributed by atoms with van der Waals surface area (Å²) in [5, 5.41) is 0. The minimum atomic E-state index is 0.255. The second-order valence-electron chi connectivity index (χ2n) is 4.99. The van der Waals surface area contributed by atoms with Gasteiger partial charge in [0.2, 0.25) is 0 Å². The fraction of sp³-hybridized carbons (Fsp3) is 0.923. The van der Waals surface area contributed by atoms with Crippen molar-refractivity contribution in [2.24, 2.45) is 5.92 Å². The Morgan fingerprint density at radius 3 is 2.73 bits per heavy atom. The maximum atomic E-state index is 11.9. The fourth-order valence-electron chi connectivity index (χ4n) is 2.89. The largest absolute Gasteiger partial charge is 0.374 e. The van der Waals surface area contributed by atoms with E-state index < -0.39 is 0 Å². The van der Waals surface area contributed by atoms with E-state index in [4.69, 9.17) is 4.74 Å². The number of hydrogen-bond donors (Lipinski definition) is 0. The van der Waals surface area contributed by atoms with Gasteiger partial charge in [-0.05, 0) is 25.7 Å². The third-order valence-electron chi connectivity index (χ3n) is 3.80. The second kappa shape index (κ2) is 5.11. The van der Waals surface area contributed by atoms with Gasteiger partial charge in [0.05, 0.1) is 12.2 Å². The van der Waals surface area contributed by atoms with Crippen LogP contribution in [0, 0.1) is 5.92 Å². The van der Waals surface area contributed by atoms with Gasteiger partial charge in [-0.25, -0.2) is 0 Å². The molecule has 0 N–H and O–H groups in total. The Labute approximate surface area is 92.4 Å². The van der Waals surface area contributed by atoms with Crippen LogP contribution in [-0.2, 0) is 9.53 Å². The van der Waals surface area contributed by atoms with Crippen molar-refractivity contribution in [3.05, 3.63) is 0 Å². The van der Waals surface area contributed by atoms with Crippen LogP contribution in [0.5, 0.6) is 0 Å². The first kappa shape index (κ1) is 11.1. The van der Waals surface area contributed by atoms with Gasteiger partial charge >= 0.3 is 0 Å². The second-order valence-corrected chi connectivity index (χ2v) is 4.99. The molecule has 0 saturated carbocycles. The van der Waals surface area contributed by atoms with E-state index in [1.54, 1.807) is 0 Å². The summed E-state index contributed by atoms with van der Waals surface area (Å²) in [4.78, 5) is 11.9. The number of hydrogen-bond acceptors (Lipinski definition) is 2. The molecule has 2 nitrogen and oxygen atoms in total. The molecule has 3 atom stereocenters. The van der Waals surface area contributed by atoms with Crippen LogP contribution >= 0.6 is 0 Å². The highest BCUT2D eigenvalue weighted by molar-refractivity contribution is 5.82. The minimum absolute atomic E-state index is 0.255. The topological polar surface area (TPSA) is 26.3 Å². The molecule has 2 aliphatic heterocycles. The summed E-state index contributed by atoms with van der Waals surface area (Å²) >= 11 is 0. The highest BCUT2D eigenvalue weighted by Crippen LogP contribution is 2.39. The number of Topliss-reactive ketones (excluding diaryl/α,β-unsaturated/α-hetero) is 1. The monoisotopic (exact) mass is 210 g/mol. The van der Waals surface area contributed by atoms with Crippen molar-refractivity contribution in [3.8, 4) is 0 Å². The molecular weight excluding hydrogens is 188 g/mol. The van der Waals surface area contributed by atoms with Crippen molar-refractivity contribution >= 4 is 5.78 Å². The molecule has 0 amide bonds. The van der Waals surface area contributed by atoms with E-state index in [1.165, 1.54) is 25.7 Å². The molecule has 2 saturated heterocycles. The summed E-state index contributed by atoms with van der Waals surface area (Å²) in [5.74, 6) is 0.726. The Morgan fingerprint density at radius 2 is 2.13 bits per heavy atom. The molecule has 0 aromatic heterocycles. The Balaban J connectivity index is 1.68. The Bertz CT molecular complexity index is 225. The van der Waals surface area contributed by atoms with Gasteiger partial charge in [0, 0.05) is 12.3 Å². The predicted octanol–water partition coefficient (Wildman–Crippen LogP) is 3.09. The van der Waals surface area contributed by atoms with Crippen LogP contribution < -0.4 is 0 Å². The lowest BCUT2D eigenvalue weighted by molar-refractivity contribution is -0.124. The van der Waals surface area contributed by atoms with Gasteiger partial charge in [-0.2, -0.15) is 0 Å². The van der Waals surface area contributed by atoms with Crippen molar-refractivity contribution in [1.29, 1.82) is 0 Å². The zero-order chi connectivity index (χ0) is 10.7. The predicted molar refractivity (Wildman–Crippen MR) is 59.8 cm³/mol. The third kappa shape index (κ3) is 2.60. The highest BCUT2D eigenvalue weighted by atomic mass is 16.5. The zero-order valence-corrected chi connectivity index (χ0v) is 9.71. The number of carbonyl (C=O) groups is 1. The van der Waals surface area contributed by atoms with Crippen molar-refractivity contribution < 1.29 is 9.53 Å². The molecule has 2 fully saturated rings. The van der Waals surface area contributed by atoms with Gasteiger partial charge in [0.25, 0.3) is 0 Å². The summed E-state index contributed by atoms with van der Waals surface area (Å²) in [7, 11) is 0. The molecule has 0 aromatic carbocycles. The summed E-state index contributed by atoms with van der Waals surface area (Å²) in [5.41, 5.74) is 0. The van der Waals surface area contributed by atoms with Gasteiger partial charge in [-0.3, -0.25) is 4.79 Å². The van der Waals surface area contributed by atoms with E-state index in [0.717, 1.165) is 25.7 Å². The van der Waals surface area contributed by atoms with Crippen LogP contribution in [0.2, 0.25) is 0 Å². The van der Waals surface area contributed by atoms with E-state index >= 15 is 0 Å². The normalized spacial score (nSPS) is 33.5. The van der Waals surface area contributed by atoms with Crippen LogP contribution in [0.4, 0.5) is 0 Å². The van der Waals surface area contributed by atoms with Crippen LogP contribution in [0.15, 0.2) is 0 Å². The summed E-state index contributed by atoms with van der Waals surface area (Å²) in [6, 6.07) is 0. The van der Waals surface area contributed by atoms with Crippen LogP contribution in [0.1, 0.15) is 58.3 Å². The van der Waals surface area contributed by atoms with Crippen LogP contribution in [0.3, 0.4) is 0 Å². The molecule has 2 aliphatic rings.